The highest BCUT2D eigenvalue weighted by Crippen LogP contribution is 2.17. The second-order valence-electron chi connectivity index (χ2n) is 12.5. The fourth-order valence-corrected chi connectivity index (χ4v) is 5.49. The number of nitrogens with zero attached hydrogens (tertiary/aromatic N) is 2. The second kappa shape index (κ2) is 31.7. The maximum Gasteiger partial charge on any atom is 0.508 e. The summed E-state index contributed by atoms with van der Waals surface area (Å²) in [7, 11) is 0. The number of carbonyl (C=O) groups is 4. The molecule has 0 spiro atoms. The van der Waals surface area contributed by atoms with Crippen LogP contribution in [-0.4, -0.2) is 109 Å². The monoisotopic (exact) mass is 688 g/mol. The molecular weight excluding hydrogens is 620 g/mol. The first-order chi connectivity index (χ1) is 23.1. The van der Waals surface area contributed by atoms with Gasteiger partial charge in [-0.15, -0.1) is 0 Å². The number of ether oxygens (including phenoxy) is 4. The summed E-state index contributed by atoms with van der Waals surface area (Å²) >= 11 is 0. The molecule has 12 nitrogen and oxygen atoms in total. The number of carbonyl (C=O) groups excluding carboxylic acids is 2. The van der Waals surface area contributed by atoms with E-state index in [0.29, 0.717) is 51.6 Å². The van der Waals surface area contributed by atoms with Crippen LogP contribution in [0.4, 0.5) is 9.59 Å². The number of hydrogen-bond donors (Lipinski definition) is 2. The van der Waals surface area contributed by atoms with Crippen molar-refractivity contribution < 1.29 is 48.3 Å². The van der Waals surface area contributed by atoms with Crippen LogP contribution in [0.2, 0.25) is 0 Å². The first kappa shape index (κ1) is 45.4. The molecule has 2 unspecified atom stereocenters. The summed E-state index contributed by atoms with van der Waals surface area (Å²) < 4.78 is 22.0. The molecule has 0 aromatic rings. The third-order valence-electron chi connectivity index (χ3n) is 8.47. The standard InChI is InChI=1S/C36H68N2O10/c1-5-9-11-13-19-31(21-17-23-33(39)40)47-35(43)45-29-27-38(26-16-15-25-37(7-3)8-4)28-30-46-36(44)48-32(20-14-12-10-6-2)22-18-24-34(41)42/h31-32H,5-30H2,1-4H3,(H,39,40)(H,41,42). The van der Waals surface area contributed by atoms with Gasteiger partial charge in [-0.25, -0.2) is 9.59 Å². The molecule has 0 saturated carbocycles. The van der Waals surface area contributed by atoms with Gasteiger partial charge in [0.2, 0.25) is 0 Å². The zero-order valence-corrected chi connectivity index (χ0v) is 30.6. The summed E-state index contributed by atoms with van der Waals surface area (Å²) in [5.41, 5.74) is 0. The van der Waals surface area contributed by atoms with E-state index < -0.39 is 24.2 Å². The van der Waals surface area contributed by atoms with E-state index in [0.717, 1.165) is 90.4 Å². The number of aliphatic carboxylic acids is 2. The summed E-state index contributed by atoms with van der Waals surface area (Å²) in [6.45, 7) is 13.4. The van der Waals surface area contributed by atoms with Crippen molar-refractivity contribution in [2.24, 2.45) is 0 Å². The lowest BCUT2D eigenvalue weighted by atomic mass is 10.0. The van der Waals surface area contributed by atoms with Crippen molar-refractivity contribution in [3.05, 3.63) is 0 Å². The molecule has 282 valence electrons. The Morgan fingerprint density at radius 2 is 0.896 bits per heavy atom. The van der Waals surface area contributed by atoms with E-state index in [4.69, 9.17) is 29.2 Å². The lowest BCUT2D eigenvalue weighted by molar-refractivity contribution is -0.138. The fraction of sp³-hybridized carbons (Fsp3) is 0.889. The van der Waals surface area contributed by atoms with E-state index in [1.54, 1.807) is 0 Å². The van der Waals surface area contributed by atoms with Crippen molar-refractivity contribution in [2.45, 2.75) is 155 Å². The molecule has 0 heterocycles. The van der Waals surface area contributed by atoms with Crippen molar-refractivity contribution in [1.29, 1.82) is 0 Å². The number of carboxylic acids is 2. The molecular formula is C36H68N2O10. The molecule has 2 N–H and O–H groups in total. The zero-order chi connectivity index (χ0) is 35.8. The maximum absolute atomic E-state index is 12.5. The number of hydrogen-bond acceptors (Lipinski definition) is 10. The van der Waals surface area contributed by atoms with Gasteiger partial charge in [-0.2, -0.15) is 0 Å². The van der Waals surface area contributed by atoms with Crippen molar-refractivity contribution in [2.75, 3.05) is 52.5 Å². The predicted molar refractivity (Wildman–Crippen MR) is 186 cm³/mol. The van der Waals surface area contributed by atoms with Gasteiger partial charge < -0.3 is 34.1 Å². The van der Waals surface area contributed by atoms with Gasteiger partial charge in [0, 0.05) is 25.9 Å². The van der Waals surface area contributed by atoms with E-state index >= 15 is 0 Å². The normalized spacial score (nSPS) is 12.5. The van der Waals surface area contributed by atoms with Gasteiger partial charge in [-0.05, 0) is 90.4 Å². The summed E-state index contributed by atoms with van der Waals surface area (Å²) in [5.74, 6) is -1.73. The quantitative estimate of drug-likeness (QED) is 0.0509. The van der Waals surface area contributed by atoms with Gasteiger partial charge in [-0.3, -0.25) is 14.5 Å². The Kier molecular flexibility index (Phi) is 29.9. The van der Waals surface area contributed by atoms with Crippen molar-refractivity contribution >= 4 is 24.2 Å². The first-order valence-electron chi connectivity index (χ1n) is 18.7. The van der Waals surface area contributed by atoms with Crippen LogP contribution in [0.5, 0.6) is 0 Å². The van der Waals surface area contributed by atoms with E-state index in [2.05, 4.69) is 37.5 Å². The molecule has 0 aliphatic heterocycles. The Bertz CT molecular complexity index is 769. The molecule has 0 bridgehead atoms. The molecule has 0 aliphatic rings. The van der Waals surface area contributed by atoms with Gasteiger partial charge in [0.25, 0.3) is 0 Å². The van der Waals surface area contributed by atoms with Crippen LogP contribution in [0.3, 0.4) is 0 Å². The van der Waals surface area contributed by atoms with Gasteiger partial charge >= 0.3 is 24.2 Å². The average molecular weight is 689 g/mol. The molecule has 0 aliphatic carbocycles. The minimum atomic E-state index is -0.866. The minimum Gasteiger partial charge on any atom is -0.481 e. The highest BCUT2D eigenvalue weighted by Gasteiger charge is 2.19. The SMILES string of the molecule is CCCCCCC(CCCC(=O)O)OC(=O)OCCN(CCCCN(CC)CC)CCOC(=O)OC(CCCCCC)CCCC(=O)O. The van der Waals surface area contributed by atoms with Crippen molar-refractivity contribution in [3.8, 4) is 0 Å². The zero-order valence-electron chi connectivity index (χ0n) is 30.6. The smallest absolute Gasteiger partial charge is 0.481 e. The lowest BCUT2D eigenvalue weighted by Crippen LogP contribution is -2.34. The molecule has 0 amide bonds. The van der Waals surface area contributed by atoms with Gasteiger partial charge in [0.05, 0.1) is 0 Å². The molecule has 0 aromatic heterocycles. The second-order valence-corrected chi connectivity index (χ2v) is 12.5. The highest BCUT2D eigenvalue weighted by molar-refractivity contribution is 5.67. The summed E-state index contributed by atoms with van der Waals surface area (Å²) in [4.78, 5) is 51.5. The molecule has 0 saturated heterocycles. The van der Waals surface area contributed by atoms with E-state index in [1.165, 1.54) is 0 Å². The fourth-order valence-electron chi connectivity index (χ4n) is 5.49. The van der Waals surface area contributed by atoms with Gasteiger partial charge in [0.15, 0.2) is 0 Å². The average Bonchev–Trinajstić information content (AvgIpc) is 3.04. The lowest BCUT2D eigenvalue weighted by Gasteiger charge is -2.24. The van der Waals surface area contributed by atoms with Crippen molar-refractivity contribution in [1.82, 2.24) is 9.80 Å². The molecule has 0 rings (SSSR count). The summed E-state index contributed by atoms with van der Waals surface area (Å²) in [5, 5.41) is 18.0. The predicted octanol–water partition coefficient (Wildman–Crippen LogP) is 7.90. The van der Waals surface area contributed by atoms with E-state index in [9.17, 15) is 19.2 Å². The van der Waals surface area contributed by atoms with Crippen LogP contribution in [0, 0.1) is 0 Å². The summed E-state index contributed by atoms with van der Waals surface area (Å²) in [6, 6.07) is 0. The molecule has 48 heavy (non-hydrogen) atoms. The molecule has 0 radical (unpaired) electrons. The Labute approximate surface area is 290 Å². The third kappa shape index (κ3) is 28.4. The summed E-state index contributed by atoms with van der Waals surface area (Å²) in [6.07, 6.45) is 11.3. The third-order valence-corrected chi connectivity index (χ3v) is 8.47. The Hall–Kier alpha value is -2.60. The van der Waals surface area contributed by atoms with Crippen LogP contribution in [0.15, 0.2) is 0 Å². The molecule has 0 fully saturated rings. The van der Waals surface area contributed by atoms with E-state index in [-0.39, 0.29) is 38.3 Å². The van der Waals surface area contributed by atoms with Crippen LogP contribution >= 0.6 is 0 Å². The van der Waals surface area contributed by atoms with Gasteiger partial charge in [-0.1, -0.05) is 66.2 Å². The highest BCUT2D eigenvalue weighted by atomic mass is 16.7. The topological polar surface area (TPSA) is 152 Å². The van der Waals surface area contributed by atoms with Crippen LogP contribution in [-0.2, 0) is 28.5 Å². The Balaban J connectivity index is 4.98. The van der Waals surface area contributed by atoms with Gasteiger partial charge in [0.1, 0.15) is 25.4 Å². The number of unbranched alkanes of at least 4 members (excludes halogenated alkanes) is 7. The van der Waals surface area contributed by atoms with Crippen molar-refractivity contribution in [3.63, 3.8) is 0 Å². The first-order valence-corrected chi connectivity index (χ1v) is 18.7. The Morgan fingerprint density at radius 3 is 1.27 bits per heavy atom. The Morgan fingerprint density at radius 1 is 0.500 bits per heavy atom. The molecule has 12 heteroatoms. The van der Waals surface area contributed by atoms with Crippen LogP contribution in [0.25, 0.3) is 0 Å². The van der Waals surface area contributed by atoms with Crippen LogP contribution < -0.4 is 0 Å². The van der Waals surface area contributed by atoms with E-state index in [1.807, 2.05) is 0 Å². The number of rotatable bonds is 33. The number of carboxylic acid groups (broad SMARTS) is 2. The molecule has 0 aromatic carbocycles. The minimum absolute atomic E-state index is 0.0348. The largest absolute Gasteiger partial charge is 0.508 e. The molecule has 2 atom stereocenters. The van der Waals surface area contributed by atoms with Crippen LogP contribution in [0.1, 0.15) is 143 Å². The maximum atomic E-state index is 12.5.